The predicted molar refractivity (Wildman–Crippen MR) is 108 cm³/mol. The second kappa shape index (κ2) is 8.93. The molecule has 1 aliphatic carbocycles. The number of carbonyl (C=O) groups is 2. The Balaban J connectivity index is 0.00000338. The first-order chi connectivity index (χ1) is 11.6. The zero-order valence-electron chi connectivity index (χ0n) is 15.4. The van der Waals surface area contributed by atoms with Gasteiger partial charge in [-0.25, -0.2) is 4.79 Å². The molecule has 0 heterocycles. The molecule has 0 spiro atoms. The van der Waals surface area contributed by atoms with Crippen molar-refractivity contribution < 1.29 is 9.59 Å². The molecule has 1 aliphatic rings. The van der Waals surface area contributed by atoms with E-state index in [1.54, 1.807) is 18.2 Å². The third-order valence-electron chi connectivity index (χ3n) is 4.29. The summed E-state index contributed by atoms with van der Waals surface area (Å²) in [5.74, 6) is -0.266. The van der Waals surface area contributed by atoms with Gasteiger partial charge in [0.05, 0.1) is 16.1 Å². The Kier molecular flexibility index (Phi) is 7.74. The third kappa shape index (κ3) is 6.04. The number of urea groups is 1. The maximum absolute atomic E-state index is 12.7. The Bertz CT molecular complexity index is 653. The molecular weight excluding hydrogens is 375 g/mol. The minimum absolute atomic E-state index is 0. The first-order valence-corrected chi connectivity index (χ1v) is 8.93. The smallest absolute Gasteiger partial charge is 0.319 e. The number of nitrogens with one attached hydrogen (secondary N) is 3. The highest BCUT2D eigenvalue weighted by Crippen LogP contribution is 2.30. The highest BCUT2D eigenvalue weighted by atomic mass is 35.5. The molecule has 2 rings (SSSR count). The van der Waals surface area contributed by atoms with E-state index in [0.29, 0.717) is 22.8 Å². The van der Waals surface area contributed by atoms with Gasteiger partial charge in [-0.2, -0.15) is 0 Å². The molecule has 146 valence electrons. The van der Waals surface area contributed by atoms with E-state index in [4.69, 9.17) is 17.3 Å². The van der Waals surface area contributed by atoms with Crippen LogP contribution in [0.1, 0.15) is 56.8 Å². The van der Waals surface area contributed by atoms with Crippen LogP contribution >= 0.6 is 24.0 Å². The van der Waals surface area contributed by atoms with Gasteiger partial charge >= 0.3 is 6.03 Å². The molecule has 1 fully saturated rings. The molecule has 0 aromatic heterocycles. The van der Waals surface area contributed by atoms with Gasteiger partial charge < -0.3 is 21.7 Å². The van der Waals surface area contributed by atoms with Crippen molar-refractivity contribution in [2.45, 2.75) is 57.5 Å². The van der Waals surface area contributed by atoms with Crippen LogP contribution in [0.2, 0.25) is 5.02 Å². The summed E-state index contributed by atoms with van der Waals surface area (Å²) in [5.41, 5.74) is 6.00. The van der Waals surface area contributed by atoms with Crippen LogP contribution in [0.4, 0.5) is 10.5 Å². The molecule has 26 heavy (non-hydrogen) atoms. The van der Waals surface area contributed by atoms with Crippen molar-refractivity contribution in [3.63, 3.8) is 0 Å². The molecule has 6 nitrogen and oxygen atoms in total. The maximum atomic E-state index is 12.7. The molecule has 0 saturated heterocycles. The van der Waals surface area contributed by atoms with Gasteiger partial charge in [-0.15, -0.1) is 12.4 Å². The Morgan fingerprint density at radius 1 is 1.23 bits per heavy atom. The van der Waals surface area contributed by atoms with E-state index < -0.39 is 0 Å². The molecule has 1 aromatic rings. The number of nitrogens with two attached hydrogens (primary N) is 1. The minimum Gasteiger partial charge on any atom is -0.345 e. The molecule has 5 N–H and O–H groups in total. The second-order valence-electron chi connectivity index (χ2n) is 7.67. The summed E-state index contributed by atoms with van der Waals surface area (Å²) >= 11 is 6.19. The van der Waals surface area contributed by atoms with Crippen LogP contribution in [0.3, 0.4) is 0 Å². The van der Waals surface area contributed by atoms with Crippen molar-refractivity contribution in [3.05, 3.63) is 28.8 Å². The van der Waals surface area contributed by atoms with E-state index >= 15 is 0 Å². The number of anilines is 1. The van der Waals surface area contributed by atoms with Gasteiger partial charge in [-0.1, -0.05) is 24.4 Å². The Morgan fingerprint density at radius 2 is 1.85 bits per heavy atom. The highest BCUT2D eigenvalue weighted by Gasteiger charge is 2.34. The molecule has 0 unspecified atom stereocenters. The normalized spacial score (nSPS) is 15.7. The molecule has 1 saturated carbocycles. The number of halogens is 2. The van der Waals surface area contributed by atoms with Gasteiger partial charge in [0.15, 0.2) is 0 Å². The monoisotopic (exact) mass is 402 g/mol. The minimum atomic E-state index is -0.354. The van der Waals surface area contributed by atoms with E-state index in [0.717, 1.165) is 25.7 Å². The van der Waals surface area contributed by atoms with Gasteiger partial charge in [-0.3, -0.25) is 4.79 Å². The molecule has 8 heteroatoms. The second-order valence-corrected chi connectivity index (χ2v) is 8.08. The summed E-state index contributed by atoms with van der Waals surface area (Å²) in [5, 5.41) is 8.91. The molecular formula is C18H28Cl2N4O2. The summed E-state index contributed by atoms with van der Waals surface area (Å²) in [6.07, 6.45) is 3.86. The molecule has 0 radical (unpaired) electrons. The zero-order chi connectivity index (χ0) is 18.7. The van der Waals surface area contributed by atoms with Crippen LogP contribution in [-0.2, 0) is 0 Å². The molecule has 0 aliphatic heterocycles. The number of carbonyl (C=O) groups excluding carboxylic acids is 2. The number of rotatable bonds is 4. The molecule has 1 aromatic carbocycles. The number of amides is 3. The third-order valence-corrected chi connectivity index (χ3v) is 4.62. The van der Waals surface area contributed by atoms with Crippen LogP contribution in [0.5, 0.6) is 0 Å². The van der Waals surface area contributed by atoms with Crippen molar-refractivity contribution in [3.8, 4) is 0 Å². The lowest BCUT2D eigenvalue weighted by atomic mass is 9.97. The van der Waals surface area contributed by atoms with Crippen molar-refractivity contribution >= 4 is 41.6 Å². The Morgan fingerprint density at radius 3 is 2.38 bits per heavy atom. The van der Waals surface area contributed by atoms with E-state index in [1.165, 1.54) is 0 Å². The summed E-state index contributed by atoms with van der Waals surface area (Å²) in [7, 11) is 0. The zero-order valence-corrected chi connectivity index (χ0v) is 17.0. The molecule has 3 amide bonds. The molecule has 0 bridgehead atoms. The summed E-state index contributed by atoms with van der Waals surface area (Å²) in [6.45, 7) is 6.08. The predicted octanol–water partition coefficient (Wildman–Crippen LogP) is 3.68. The lowest BCUT2D eigenvalue weighted by Gasteiger charge is -2.29. The largest absolute Gasteiger partial charge is 0.345 e. The van der Waals surface area contributed by atoms with Crippen molar-refractivity contribution in [1.82, 2.24) is 10.6 Å². The SMILES string of the molecule is CC(C)(C)NC(=O)Nc1ccc(Cl)c(C(=O)NC2(CN)CCCC2)c1.Cl. The van der Waals surface area contributed by atoms with Gasteiger partial charge in [-0.05, 0) is 51.8 Å². The van der Waals surface area contributed by atoms with E-state index in [9.17, 15) is 9.59 Å². The van der Waals surface area contributed by atoms with Crippen LogP contribution in [0.15, 0.2) is 18.2 Å². The van der Waals surface area contributed by atoms with Crippen LogP contribution in [-0.4, -0.2) is 29.6 Å². The van der Waals surface area contributed by atoms with Crippen molar-refractivity contribution in [2.24, 2.45) is 5.73 Å². The van der Waals surface area contributed by atoms with Crippen LogP contribution in [0.25, 0.3) is 0 Å². The van der Waals surface area contributed by atoms with Crippen LogP contribution in [0, 0.1) is 0 Å². The number of hydrogen-bond acceptors (Lipinski definition) is 3. The average Bonchev–Trinajstić information content (AvgIpc) is 2.96. The standard InChI is InChI=1S/C18H27ClN4O2.ClH/c1-17(2,3)23-16(25)21-12-6-7-14(19)13(10-12)15(24)22-18(11-20)8-4-5-9-18;/h6-7,10H,4-5,8-9,11,20H2,1-3H3,(H,22,24)(H2,21,23,25);1H. The first kappa shape index (κ1) is 22.5. The highest BCUT2D eigenvalue weighted by molar-refractivity contribution is 6.34. The van der Waals surface area contributed by atoms with Crippen molar-refractivity contribution in [1.29, 1.82) is 0 Å². The van der Waals surface area contributed by atoms with E-state index in [2.05, 4.69) is 16.0 Å². The fourth-order valence-corrected chi connectivity index (χ4v) is 3.22. The quantitative estimate of drug-likeness (QED) is 0.618. The first-order valence-electron chi connectivity index (χ1n) is 8.55. The lowest BCUT2D eigenvalue weighted by Crippen LogP contribution is -2.51. The van der Waals surface area contributed by atoms with Gasteiger partial charge in [0.25, 0.3) is 5.91 Å². The Hall–Kier alpha value is -1.50. The average molecular weight is 403 g/mol. The van der Waals surface area contributed by atoms with E-state index in [1.807, 2.05) is 20.8 Å². The van der Waals surface area contributed by atoms with Crippen molar-refractivity contribution in [2.75, 3.05) is 11.9 Å². The van der Waals surface area contributed by atoms with E-state index in [-0.39, 0.29) is 35.4 Å². The van der Waals surface area contributed by atoms with Gasteiger partial charge in [0.2, 0.25) is 0 Å². The number of hydrogen-bond donors (Lipinski definition) is 4. The lowest BCUT2D eigenvalue weighted by molar-refractivity contribution is 0.0903. The van der Waals surface area contributed by atoms with Crippen LogP contribution < -0.4 is 21.7 Å². The fourth-order valence-electron chi connectivity index (χ4n) is 3.02. The summed E-state index contributed by atoms with van der Waals surface area (Å²) in [4.78, 5) is 24.7. The maximum Gasteiger partial charge on any atom is 0.319 e. The fraction of sp³-hybridized carbons (Fsp3) is 0.556. The van der Waals surface area contributed by atoms with Gasteiger partial charge in [0, 0.05) is 17.8 Å². The van der Waals surface area contributed by atoms with Gasteiger partial charge in [0.1, 0.15) is 0 Å². The number of benzene rings is 1. The molecule has 0 atom stereocenters. The Labute approximate surface area is 166 Å². The summed E-state index contributed by atoms with van der Waals surface area (Å²) < 4.78 is 0. The topological polar surface area (TPSA) is 96.2 Å². The summed E-state index contributed by atoms with van der Waals surface area (Å²) in [6, 6.07) is 4.51.